The lowest BCUT2D eigenvalue weighted by atomic mass is 9.92. The van der Waals surface area contributed by atoms with Crippen molar-refractivity contribution in [3.05, 3.63) is 0 Å². The molecule has 1 fully saturated rings. The van der Waals surface area contributed by atoms with Gasteiger partial charge in [0.1, 0.15) is 5.78 Å². The number of carbonyl (C=O) groups is 1. The van der Waals surface area contributed by atoms with Crippen molar-refractivity contribution in [2.24, 2.45) is 17.6 Å². The molecule has 2 unspecified atom stereocenters. The van der Waals surface area contributed by atoms with Gasteiger partial charge >= 0.3 is 0 Å². The number of ketones is 1. The molecule has 2 N–H and O–H groups in total. The fraction of sp³-hybridized carbons (Fsp3) is 0.900. The summed E-state index contributed by atoms with van der Waals surface area (Å²) in [7, 11) is 0. The Kier molecular flexibility index (Phi) is 4.39. The molecule has 3 nitrogen and oxygen atoms in total. The molecule has 1 aliphatic rings. The van der Waals surface area contributed by atoms with E-state index in [0.717, 1.165) is 19.4 Å². The van der Waals surface area contributed by atoms with Crippen LogP contribution in [-0.4, -0.2) is 25.5 Å². The molecule has 0 aromatic rings. The predicted molar refractivity (Wildman–Crippen MR) is 51.4 cm³/mol. The topological polar surface area (TPSA) is 52.3 Å². The second-order valence-electron chi connectivity index (χ2n) is 3.74. The molecule has 0 spiro atoms. The molecule has 13 heavy (non-hydrogen) atoms. The standard InChI is InChI=1S/C10H19NO2/c1-2-8(6-11)5-10(12)9-3-4-13-7-9/h8-9H,2-7,11H2,1H3. The fourth-order valence-corrected chi connectivity index (χ4v) is 1.63. The highest BCUT2D eigenvalue weighted by atomic mass is 16.5. The van der Waals surface area contributed by atoms with Gasteiger partial charge in [-0.3, -0.25) is 4.79 Å². The lowest BCUT2D eigenvalue weighted by Gasteiger charge is -2.13. The van der Waals surface area contributed by atoms with Crippen LogP contribution in [0.15, 0.2) is 0 Å². The number of hydrogen-bond acceptors (Lipinski definition) is 3. The van der Waals surface area contributed by atoms with Crippen LogP contribution in [-0.2, 0) is 9.53 Å². The third-order valence-electron chi connectivity index (χ3n) is 2.79. The van der Waals surface area contributed by atoms with E-state index in [1.807, 2.05) is 0 Å². The summed E-state index contributed by atoms with van der Waals surface area (Å²) in [5.74, 6) is 0.864. The van der Waals surface area contributed by atoms with Crippen LogP contribution in [0.25, 0.3) is 0 Å². The van der Waals surface area contributed by atoms with E-state index in [4.69, 9.17) is 10.5 Å². The summed E-state index contributed by atoms with van der Waals surface area (Å²) >= 11 is 0. The first-order chi connectivity index (χ1) is 6.27. The Morgan fingerprint density at radius 3 is 2.92 bits per heavy atom. The van der Waals surface area contributed by atoms with E-state index in [2.05, 4.69) is 6.92 Å². The van der Waals surface area contributed by atoms with Gasteiger partial charge in [0.05, 0.1) is 6.61 Å². The SMILES string of the molecule is CCC(CN)CC(=O)C1CCOC1. The predicted octanol–water partition coefficient (Wildman–Crippen LogP) is 0.967. The molecule has 1 saturated heterocycles. The number of hydrogen-bond donors (Lipinski definition) is 1. The highest BCUT2D eigenvalue weighted by Gasteiger charge is 2.24. The van der Waals surface area contributed by atoms with Crippen LogP contribution in [0.1, 0.15) is 26.2 Å². The van der Waals surface area contributed by atoms with Crippen LogP contribution in [0, 0.1) is 11.8 Å². The third-order valence-corrected chi connectivity index (χ3v) is 2.79. The normalized spacial score (nSPS) is 24.6. The molecular weight excluding hydrogens is 166 g/mol. The molecule has 1 heterocycles. The Morgan fingerprint density at radius 2 is 2.46 bits per heavy atom. The quantitative estimate of drug-likeness (QED) is 0.694. The lowest BCUT2D eigenvalue weighted by Crippen LogP contribution is -2.22. The summed E-state index contributed by atoms with van der Waals surface area (Å²) in [5, 5.41) is 0. The van der Waals surface area contributed by atoms with Gasteiger partial charge in [-0.15, -0.1) is 0 Å². The number of rotatable bonds is 5. The number of Topliss-reactive ketones (excluding diaryl/α,β-unsaturated/α-hetero) is 1. The maximum atomic E-state index is 11.6. The van der Waals surface area contributed by atoms with Gasteiger partial charge in [-0.2, -0.15) is 0 Å². The molecule has 0 saturated carbocycles. The van der Waals surface area contributed by atoms with Gasteiger partial charge in [0.25, 0.3) is 0 Å². The van der Waals surface area contributed by atoms with Crippen molar-refractivity contribution in [3.63, 3.8) is 0 Å². The Morgan fingerprint density at radius 1 is 1.69 bits per heavy atom. The second-order valence-corrected chi connectivity index (χ2v) is 3.74. The van der Waals surface area contributed by atoms with Crippen LogP contribution >= 0.6 is 0 Å². The summed E-state index contributed by atoms with van der Waals surface area (Å²) in [5.41, 5.74) is 5.55. The minimum absolute atomic E-state index is 0.153. The summed E-state index contributed by atoms with van der Waals surface area (Å²) in [6.07, 6.45) is 2.54. The van der Waals surface area contributed by atoms with Crippen LogP contribution in [0.3, 0.4) is 0 Å². The summed E-state index contributed by atoms with van der Waals surface area (Å²) in [6.45, 7) is 4.07. The molecule has 0 bridgehead atoms. The molecule has 0 amide bonds. The van der Waals surface area contributed by atoms with E-state index >= 15 is 0 Å². The van der Waals surface area contributed by atoms with Gasteiger partial charge in [0, 0.05) is 18.9 Å². The van der Waals surface area contributed by atoms with E-state index in [0.29, 0.717) is 31.3 Å². The molecule has 2 atom stereocenters. The molecule has 76 valence electrons. The summed E-state index contributed by atoms with van der Waals surface area (Å²) in [4.78, 5) is 11.6. The minimum atomic E-state index is 0.153. The van der Waals surface area contributed by atoms with E-state index < -0.39 is 0 Å². The van der Waals surface area contributed by atoms with Crippen LogP contribution in [0.2, 0.25) is 0 Å². The van der Waals surface area contributed by atoms with Crippen molar-refractivity contribution in [2.45, 2.75) is 26.2 Å². The maximum Gasteiger partial charge on any atom is 0.138 e. The molecule has 0 aromatic heterocycles. The zero-order chi connectivity index (χ0) is 9.68. The lowest BCUT2D eigenvalue weighted by molar-refractivity contribution is -0.123. The molecule has 3 heteroatoms. The average molecular weight is 185 g/mol. The van der Waals surface area contributed by atoms with Crippen molar-refractivity contribution in [2.75, 3.05) is 19.8 Å². The van der Waals surface area contributed by atoms with Crippen molar-refractivity contribution < 1.29 is 9.53 Å². The van der Waals surface area contributed by atoms with Crippen molar-refractivity contribution >= 4 is 5.78 Å². The monoisotopic (exact) mass is 185 g/mol. The average Bonchev–Trinajstić information content (AvgIpc) is 2.66. The van der Waals surface area contributed by atoms with Gasteiger partial charge < -0.3 is 10.5 Å². The second kappa shape index (κ2) is 5.35. The Labute approximate surface area is 79.6 Å². The number of ether oxygens (including phenoxy) is 1. The molecule has 0 radical (unpaired) electrons. The van der Waals surface area contributed by atoms with Crippen molar-refractivity contribution in [1.29, 1.82) is 0 Å². The van der Waals surface area contributed by atoms with Gasteiger partial charge in [-0.1, -0.05) is 13.3 Å². The van der Waals surface area contributed by atoms with E-state index in [1.165, 1.54) is 0 Å². The van der Waals surface area contributed by atoms with Crippen LogP contribution in [0.4, 0.5) is 0 Å². The van der Waals surface area contributed by atoms with Gasteiger partial charge in [-0.25, -0.2) is 0 Å². The van der Waals surface area contributed by atoms with E-state index in [1.54, 1.807) is 0 Å². The van der Waals surface area contributed by atoms with Gasteiger partial charge in [0.2, 0.25) is 0 Å². The number of carbonyl (C=O) groups excluding carboxylic acids is 1. The Bertz CT molecular complexity index is 160. The third kappa shape index (κ3) is 3.08. The smallest absolute Gasteiger partial charge is 0.138 e. The zero-order valence-corrected chi connectivity index (χ0v) is 8.29. The maximum absolute atomic E-state index is 11.6. The van der Waals surface area contributed by atoms with Crippen molar-refractivity contribution in [3.8, 4) is 0 Å². The molecular formula is C10H19NO2. The fourth-order valence-electron chi connectivity index (χ4n) is 1.63. The highest BCUT2D eigenvalue weighted by molar-refractivity contribution is 5.81. The molecule has 1 aliphatic heterocycles. The Hall–Kier alpha value is -0.410. The molecule has 0 aliphatic carbocycles. The van der Waals surface area contributed by atoms with Crippen LogP contribution < -0.4 is 5.73 Å². The largest absolute Gasteiger partial charge is 0.381 e. The minimum Gasteiger partial charge on any atom is -0.381 e. The first kappa shape index (κ1) is 10.7. The van der Waals surface area contributed by atoms with Gasteiger partial charge in [-0.05, 0) is 18.9 Å². The summed E-state index contributed by atoms with van der Waals surface area (Å²) in [6, 6.07) is 0. The van der Waals surface area contributed by atoms with Crippen LogP contribution in [0.5, 0.6) is 0 Å². The first-order valence-corrected chi connectivity index (χ1v) is 5.08. The molecule has 0 aromatic carbocycles. The first-order valence-electron chi connectivity index (χ1n) is 5.08. The van der Waals surface area contributed by atoms with E-state index in [9.17, 15) is 4.79 Å². The molecule has 1 rings (SSSR count). The summed E-state index contributed by atoms with van der Waals surface area (Å²) < 4.78 is 5.17. The highest BCUT2D eigenvalue weighted by Crippen LogP contribution is 2.18. The zero-order valence-electron chi connectivity index (χ0n) is 8.29. The van der Waals surface area contributed by atoms with Gasteiger partial charge in [0.15, 0.2) is 0 Å². The van der Waals surface area contributed by atoms with E-state index in [-0.39, 0.29) is 5.92 Å². The Balaban J connectivity index is 2.30. The number of nitrogens with two attached hydrogens (primary N) is 1. The van der Waals surface area contributed by atoms with Crippen molar-refractivity contribution in [1.82, 2.24) is 0 Å².